The van der Waals surface area contributed by atoms with Crippen LogP contribution in [-0.2, 0) is 34.2 Å². The van der Waals surface area contributed by atoms with Gasteiger partial charge in [-0.1, -0.05) is 120 Å². The van der Waals surface area contributed by atoms with Crippen molar-refractivity contribution in [1.29, 1.82) is 0 Å². The zero-order valence-corrected chi connectivity index (χ0v) is 30.9. The van der Waals surface area contributed by atoms with E-state index >= 15 is 0 Å². The topological polar surface area (TPSA) is 0 Å². The molecule has 0 nitrogen and oxygen atoms in total. The maximum absolute atomic E-state index is 3.06. The van der Waals surface area contributed by atoms with Crippen molar-refractivity contribution in [3.05, 3.63) is 147 Å². The molecule has 0 spiro atoms. The summed E-state index contributed by atoms with van der Waals surface area (Å²) in [5.41, 5.74) is 9.77. The minimum atomic E-state index is 0. The molecule has 0 heterocycles. The van der Waals surface area contributed by atoms with E-state index in [2.05, 4.69) is 171 Å². The summed E-state index contributed by atoms with van der Waals surface area (Å²) in [5, 5.41) is 5.34. The fourth-order valence-corrected chi connectivity index (χ4v) is 5.35. The predicted octanol–water partition coefficient (Wildman–Crippen LogP) is 11.9. The molecule has 0 amide bonds. The molecule has 6 aromatic rings. The molecule has 0 atom stereocenters. The molecular weight excluding hydrogens is 612 g/mol. The molecule has 0 saturated heterocycles. The number of fused-ring (bicyclic) bond motifs is 2. The molecule has 0 fully saturated rings. The maximum atomic E-state index is 3.06. The Labute approximate surface area is 278 Å². The predicted molar refractivity (Wildman–Crippen MR) is 191 cm³/mol. The number of hydrogen-bond donors (Lipinski definition) is 0. The van der Waals surface area contributed by atoms with Crippen LogP contribution in [0.25, 0.3) is 43.8 Å². The van der Waals surface area contributed by atoms with Gasteiger partial charge in [0.1, 0.15) is 0 Å². The van der Waals surface area contributed by atoms with E-state index in [1.54, 1.807) is 0 Å². The fourth-order valence-electron chi connectivity index (χ4n) is 5.35. The van der Waals surface area contributed by atoms with Crippen molar-refractivity contribution >= 4 is 28.4 Å². The molecule has 2 radical (unpaired) electrons. The second-order valence-corrected chi connectivity index (χ2v) is 12.8. The molecule has 2 heteroatoms. The normalized spacial score (nSPS) is 10.9. The Hall–Kier alpha value is -2.80. The van der Waals surface area contributed by atoms with Gasteiger partial charge in [-0.25, -0.2) is 0 Å². The number of benzene rings is 4. The van der Waals surface area contributed by atoms with Crippen molar-refractivity contribution in [1.82, 2.24) is 0 Å². The molecule has 0 aromatic heterocycles. The van der Waals surface area contributed by atoms with Crippen LogP contribution in [0.15, 0.2) is 115 Å². The first-order valence-electron chi connectivity index (χ1n) is 14.3. The van der Waals surface area contributed by atoms with Gasteiger partial charge < -0.3 is 14.9 Å². The number of aryl methyl sites for hydroxylation is 1. The van der Waals surface area contributed by atoms with E-state index in [-0.39, 0.29) is 25.7 Å². The molecular formula is C41H46SiZr-4. The van der Waals surface area contributed by atoms with Crippen molar-refractivity contribution in [3.8, 4) is 22.3 Å². The molecule has 0 saturated carbocycles. The van der Waals surface area contributed by atoms with E-state index in [1.165, 1.54) is 83.8 Å². The number of rotatable bonds is 2. The van der Waals surface area contributed by atoms with E-state index in [4.69, 9.17) is 0 Å². The molecule has 0 unspecified atom stereocenters. The van der Waals surface area contributed by atoms with Gasteiger partial charge in [0.25, 0.3) is 0 Å². The van der Waals surface area contributed by atoms with E-state index in [0.717, 1.165) is 0 Å². The van der Waals surface area contributed by atoms with E-state index in [1.807, 2.05) is 0 Å². The average molecular weight is 658 g/mol. The average Bonchev–Trinajstić information content (AvgIpc) is 3.59. The van der Waals surface area contributed by atoms with Crippen LogP contribution in [0.1, 0.15) is 58.2 Å². The number of hydrogen-bond acceptors (Lipinski definition) is 0. The summed E-state index contributed by atoms with van der Waals surface area (Å²) < 4.78 is 0. The van der Waals surface area contributed by atoms with Crippen LogP contribution >= 0.6 is 0 Å². The SMILES string of the molecule is CC(C)(C)c1ccc(-c2cccc3[cH-]ccc23)cc1.Cc1cc2c(-c3ccc(C(C)(C)C)cc3)cccc2[cH-]1.[CH3-].[CH3-].[Si]=[Zr]. The molecule has 0 aliphatic heterocycles. The fraction of sp³-hybridized carbons (Fsp3) is 0.220. The van der Waals surface area contributed by atoms with Gasteiger partial charge in [-0.3, -0.25) is 0 Å². The van der Waals surface area contributed by atoms with Gasteiger partial charge in [0.05, 0.1) is 0 Å². The summed E-state index contributed by atoms with van der Waals surface area (Å²) in [6, 6.07) is 42.1. The molecule has 0 aliphatic carbocycles. The summed E-state index contributed by atoms with van der Waals surface area (Å²) in [5.74, 6) is 0. The molecule has 43 heavy (non-hydrogen) atoms. The van der Waals surface area contributed by atoms with Crippen molar-refractivity contribution in [2.24, 2.45) is 0 Å². The summed E-state index contributed by atoms with van der Waals surface area (Å²) in [6.45, 7) is 18.7. The summed E-state index contributed by atoms with van der Waals surface area (Å²) in [6.07, 6.45) is 0. The molecule has 6 rings (SSSR count). The first-order valence-corrected chi connectivity index (χ1v) is 18.5. The van der Waals surface area contributed by atoms with Crippen molar-refractivity contribution in [2.45, 2.75) is 59.3 Å². The standard InChI is InChI=1S/C20H21.C19H19.2CH3.Si.Zr/c1-14-12-16-6-5-7-18(19(16)13-14)15-8-10-17(11-9-15)20(2,3)4;1-19(2,3)16-12-10-15(11-13-16)18-9-5-7-14-6-4-8-17(14)18;;;;/h5-13H,1-4H3;4-13H,1-3H3;2*1H3;;/q4*-1;;. The Balaban J connectivity index is 0.000000272. The Morgan fingerprint density at radius 3 is 1.47 bits per heavy atom. The first-order chi connectivity index (χ1) is 19.5. The summed E-state index contributed by atoms with van der Waals surface area (Å²) in [4.78, 5) is 0. The Morgan fingerprint density at radius 2 is 1.00 bits per heavy atom. The van der Waals surface area contributed by atoms with Gasteiger partial charge in [0.15, 0.2) is 0 Å². The van der Waals surface area contributed by atoms with Gasteiger partial charge >= 0.3 is 30.2 Å². The van der Waals surface area contributed by atoms with Crippen LogP contribution in [0.3, 0.4) is 0 Å². The third kappa shape index (κ3) is 8.65. The van der Waals surface area contributed by atoms with Crippen LogP contribution < -0.4 is 0 Å². The van der Waals surface area contributed by atoms with Gasteiger partial charge in [-0.15, -0.1) is 63.5 Å². The second kappa shape index (κ2) is 15.3. The molecule has 6 aromatic carbocycles. The van der Waals surface area contributed by atoms with Crippen LogP contribution in [-0.4, -0.2) is 6.88 Å². The van der Waals surface area contributed by atoms with E-state index in [0.29, 0.717) is 0 Å². The Bertz CT molecular complexity index is 1720. The monoisotopic (exact) mass is 656 g/mol. The first kappa shape index (κ1) is 36.4. The zero-order valence-electron chi connectivity index (χ0n) is 27.5. The minimum absolute atomic E-state index is 0. The van der Waals surface area contributed by atoms with Gasteiger partial charge in [0, 0.05) is 0 Å². The van der Waals surface area contributed by atoms with Crippen LogP contribution in [0.2, 0.25) is 0 Å². The molecule has 0 aliphatic rings. The molecule has 0 bridgehead atoms. The summed E-state index contributed by atoms with van der Waals surface area (Å²) in [7, 11) is 0. The van der Waals surface area contributed by atoms with Crippen LogP contribution in [0.4, 0.5) is 0 Å². The zero-order chi connectivity index (χ0) is 29.8. The van der Waals surface area contributed by atoms with Crippen molar-refractivity contribution in [2.75, 3.05) is 0 Å². The van der Waals surface area contributed by atoms with Gasteiger partial charge in [0.2, 0.25) is 0 Å². The Kier molecular flexibility index (Phi) is 12.9. The third-order valence-electron chi connectivity index (χ3n) is 7.70. The Morgan fingerprint density at radius 1 is 0.558 bits per heavy atom. The quantitative estimate of drug-likeness (QED) is 0.128. The van der Waals surface area contributed by atoms with Gasteiger partial charge in [-0.05, 0) is 33.1 Å². The summed E-state index contributed by atoms with van der Waals surface area (Å²) >= 11 is 1.36. The van der Waals surface area contributed by atoms with Crippen LogP contribution in [0.5, 0.6) is 0 Å². The van der Waals surface area contributed by atoms with Crippen LogP contribution in [0, 0.1) is 21.8 Å². The third-order valence-corrected chi connectivity index (χ3v) is 7.70. The second-order valence-electron chi connectivity index (χ2n) is 12.8. The van der Waals surface area contributed by atoms with Gasteiger partial charge in [-0.2, -0.15) is 18.2 Å². The molecule has 0 N–H and O–H groups in total. The van der Waals surface area contributed by atoms with Crippen molar-refractivity contribution in [3.63, 3.8) is 0 Å². The van der Waals surface area contributed by atoms with E-state index in [9.17, 15) is 0 Å². The van der Waals surface area contributed by atoms with Crippen molar-refractivity contribution < 1.29 is 23.3 Å². The molecule has 222 valence electrons. The van der Waals surface area contributed by atoms with E-state index < -0.39 is 0 Å².